The second kappa shape index (κ2) is 7.91. The average molecular weight is 362 g/mol. The van der Waals surface area contributed by atoms with Gasteiger partial charge in [-0.15, -0.1) is 0 Å². The lowest BCUT2D eigenvalue weighted by molar-refractivity contribution is -0.127. The van der Waals surface area contributed by atoms with E-state index in [9.17, 15) is 9.90 Å². The van der Waals surface area contributed by atoms with Gasteiger partial charge in [0.2, 0.25) is 0 Å². The van der Waals surface area contributed by atoms with Crippen molar-refractivity contribution in [2.24, 2.45) is 5.10 Å². The Balaban J connectivity index is 1.69. The van der Waals surface area contributed by atoms with Crippen LogP contribution in [0.1, 0.15) is 23.6 Å². The van der Waals surface area contributed by atoms with Gasteiger partial charge in [-0.25, -0.2) is 5.43 Å². The van der Waals surface area contributed by atoms with Crippen LogP contribution in [0.2, 0.25) is 0 Å². The molecule has 1 unspecified atom stereocenters. The van der Waals surface area contributed by atoms with Gasteiger partial charge in [0.1, 0.15) is 11.5 Å². The first-order valence-electron chi connectivity index (χ1n) is 8.72. The molecule has 1 atom stereocenters. The second-order valence-electron chi connectivity index (χ2n) is 6.54. The largest absolute Gasteiger partial charge is 0.507 e. The summed E-state index contributed by atoms with van der Waals surface area (Å²) in [7, 11) is 0. The van der Waals surface area contributed by atoms with E-state index in [2.05, 4.69) is 10.5 Å². The van der Waals surface area contributed by atoms with Crippen LogP contribution in [-0.2, 0) is 4.79 Å². The summed E-state index contributed by atoms with van der Waals surface area (Å²) >= 11 is 0. The molecule has 0 aliphatic carbocycles. The fraction of sp³-hybridized carbons (Fsp3) is 0.182. The monoisotopic (exact) mass is 362 g/mol. The summed E-state index contributed by atoms with van der Waals surface area (Å²) in [5.74, 6) is 0.377. The fourth-order valence-corrected chi connectivity index (χ4v) is 2.93. The van der Waals surface area contributed by atoms with Crippen molar-refractivity contribution in [1.82, 2.24) is 5.43 Å². The Labute approximate surface area is 158 Å². The number of hydrogen-bond donors (Lipinski definition) is 2. The van der Waals surface area contributed by atoms with Crippen LogP contribution in [-0.4, -0.2) is 23.3 Å². The minimum atomic E-state index is -0.704. The molecule has 3 aromatic rings. The van der Waals surface area contributed by atoms with Crippen LogP contribution in [0.5, 0.6) is 11.5 Å². The van der Waals surface area contributed by atoms with Crippen molar-refractivity contribution in [3.8, 4) is 11.5 Å². The van der Waals surface area contributed by atoms with Crippen molar-refractivity contribution in [2.75, 3.05) is 0 Å². The molecule has 1 amide bonds. The van der Waals surface area contributed by atoms with Gasteiger partial charge in [-0.05, 0) is 60.9 Å². The SMILES string of the molecule is Cc1cc(C)cc(OC(C)C(=O)NN=Cc2c(O)ccc3ccccc23)c1. The van der Waals surface area contributed by atoms with Crippen LogP contribution in [0.15, 0.2) is 59.7 Å². The van der Waals surface area contributed by atoms with Crippen molar-refractivity contribution >= 4 is 22.9 Å². The van der Waals surface area contributed by atoms with Crippen molar-refractivity contribution in [3.63, 3.8) is 0 Å². The fourth-order valence-electron chi connectivity index (χ4n) is 2.93. The first-order valence-corrected chi connectivity index (χ1v) is 8.72. The first-order chi connectivity index (χ1) is 12.9. The number of amides is 1. The van der Waals surface area contributed by atoms with Crippen LogP contribution in [0.3, 0.4) is 0 Å². The van der Waals surface area contributed by atoms with E-state index < -0.39 is 6.10 Å². The summed E-state index contributed by atoms with van der Waals surface area (Å²) in [6, 6.07) is 16.9. The maximum atomic E-state index is 12.2. The second-order valence-corrected chi connectivity index (χ2v) is 6.54. The quantitative estimate of drug-likeness (QED) is 0.531. The Hall–Kier alpha value is -3.34. The number of nitrogens with one attached hydrogen (secondary N) is 1. The molecule has 3 aromatic carbocycles. The molecule has 0 radical (unpaired) electrons. The third kappa shape index (κ3) is 4.44. The number of hydrazone groups is 1. The first kappa shape index (κ1) is 18.5. The van der Waals surface area contributed by atoms with Gasteiger partial charge >= 0.3 is 0 Å². The summed E-state index contributed by atoms with van der Waals surface area (Å²) in [6.45, 7) is 5.62. The maximum Gasteiger partial charge on any atom is 0.280 e. The zero-order chi connectivity index (χ0) is 19.4. The number of phenols is 1. The van der Waals surface area contributed by atoms with Gasteiger partial charge in [0, 0.05) is 5.56 Å². The van der Waals surface area contributed by atoms with E-state index in [0.29, 0.717) is 11.3 Å². The summed E-state index contributed by atoms with van der Waals surface area (Å²) in [5.41, 5.74) is 5.16. The zero-order valence-electron chi connectivity index (χ0n) is 15.6. The van der Waals surface area contributed by atoms with Crippen molar-refractivity contribution < 1.29 is 14.6 Å². The summed E-state index contributed by atoms with van der Waals surface area (Å²) in [4.78, 5) is 12.2. The molecule has 138 valence electrons. The molecule has 0 aliphatic heterocycles. The number of rotatable bonds is 5. The highest BCUT2D eigenvalue weighted by Crippen LogP contribution is 2.25. The molecular weight excluding hydrogens is 340 g/mol. The molecule has 0 heterocycles. The molecule has 2 N–H and O–H groups in total. The highest BCUT2D eigenvalue weighted by atomic mass is 16.5. The van der Waals surface area contributed by atoms with Crippen LogP contribution >= 0.6 is 0 Å². The molecule has 3 rings (SSSR count). The molecule has 0 fully saturated rings. The highest BCUT2D eigenvalue weighted by Gasteiger charge is 2.14. The maximum absolute atomic E-state index is 12.2. The predicted octanol–water partition coefficient (Wildman–Crippen LogP) is 4.08. The van der Waals surface area contributed by atoms with E-state index in [1.165, 1.54) is 6.21 Å². The van der Waals surface area contributed by atoms with E-state index in [-0.39, 0.29) is 11.7 Å². The Morgan fingerprint density at radius 3 is 2.56 bits per heavy atom. The zero-order valence-corrected chi connectivity index (χ0v) is 15.6. The van der Waals surface area contributed by atoms with Crippen LogP contribution in [0.25, 0.3) is 10.8 Å². The minimum Gasteiger partial charge on any atom is -0.507 e. The van der Waals surface area contributed by atoms with Crippen molar-refractivity contribution in [2.45, 2.75) is 26.9 Å². The van der Waals surface area contributed by atoms with Crippen molar-refractivity contribution in [1.29, 1.82) is 0 Å². The predicted molar refractivity (Wildman–Crippen MR) is 107 cm³/mol. The van der Waals surface area contributed by atoms with Crippen LogP contribution < -0.4 is 10.2 Å². The number of ether oxygens (including phenoxy) is 1. The van der Waals surface area contributed by atoms with Gasteiger partial charge in [0.25, 0.3) is 5.91 Å². The average Bonchev–Trinajstić information content (AvgIpc) is 2.62. The third-order valence-corrected chi connectivity index (χ3v) is 4.19. The summed E-state index contributed by atoms with van der Waals surface area (Å²) in [5, 5.41) is 15.9. The Bertz CT molecular complexity index is 991. The van der Waals surface area contributed by atoms with Gasteiger partial charge in [0.05, 0.1) is 6.21 Å². The standard InChI is InChI=1S/C22H22N2O3/c1-14-10-15(2)12-18(11-14)27-16(3)22(26)24-23-13-20-19-7-5-4-6-17(19)8-9-21(20)25/h4-13,16,25H,1-3H3,(H,24,26). The molecule has 0 saturated carbocycles. The molecular formula is C22H22N2O3. The van der Waals surface area contributed by atoms with E-state index in [1.54, 1.807) is 13.0 Å². The Morgan fingerprint density at radius 2 is 1.81 bits per heavy atom. The Morgan fingerprint density at radius 1 is 1.11 bits per heavy atom. The van der Waals surface area contributed by atoms with Gasteiger partial charge in [-0.1, -0.05) is 36.4 Å². The number of aromatic hydroxyl groups is 1. The number of benzene rings is 3. The van der Waals surface area contributed by atoms with Crippen LogP contribution in [0, 0.1) is 13.8 Å². The van der Waals surface area contributed by atoms with Gasteiger partial charge in [0.15, 0.2) is 6.10 Å². The number of hydrogen-bond acceptors (Lipinski definition) is 4. The molecule has 0 bridgehead atoms. The third-order valence-electron chi connectivity index (χ3n) is 4.19. The van der Waals surface area contributed by atoms with Gasteiger partial charge < -0.3 is 9.84 Å². The molecule has 0 aromatic heterocycles. The van der Waals surface area contributed by atoms with E-state index >= 15 is 0 Å². The number of phenolic OH excluding ortho intramolecular Hbond substituents is 1. The number of fused-ring (bicyclic) bond motifs is 1. The lowest BCUT2D eigenvalue weighted by Crippen LogP contribution is -2.33. The summed E-state index contributed by atoms with van der Waals surface area (Å²) in [6.07, 6.45) is 0.739. The topological polar surface area (TPSA) is 70.9 Å². The molecule has 0 saturated heterocycles. The number of carbonyl (C=O) groups excluding carboxylic acids is 1. The molecule has 0 spiro atoms. The molecule has 5 nitrogen and oxygen atoms in total. The molecule has 5 heteroatoms. The van der Waals surface area contributed by atoms with E-state index in [1.807, 2.05) is 62.4 Å². The lowest BCUT2D eigenvalue weighted by Gasteiger charge is -2.14. The molecule has 0 aliphatic rings. The lowest BCUT2D eigenvalue weighted by atomic mass is 10.0. The summed E-state index contributed by atoms with van der Waals surface area (Å²) < 4.78 is 5.70. The number of nitrogens with zero attached hydrogens (tertiary/aromatic N) is 1. The Kier molecular flexibility index (Phi) is 5.41. The smallest absolute Gasteiger partial charge is 0.280 e. The van der Waals surface area contributed by atoms with Gasteiger partial charge in [-0.2, -0.15) is 5.10 Å². The normalized spacial score (nSPS) is 12.3. The van der Waals surface area contributed by atoms with E-state index in [4.69, 9.17) is 4.74 Å². The van der Waals surface area contributed by atoms with Crippen LogP contribution in [0.4, 0.5) is 0 Å². The number of aryl methyl sites for hydroxylation is 2. The number of carbonyl (C=O) groups is 1. The van der Waals surface area contributed by atoms with E-state index in [0.717, 1.165) is 21.9 Å². The van der Waals surface area contributed by atoms with Gasteiger partial charge in [-0.3, -0.25) is 4.79 Å². The molecule has 27 heavy (non-hydrogen) atoms. The highest BCUT2D eigenvalue weighted by molar-refractivity contribution is 6.02. The minimum absolute atomic E-state index is 0.103. The van der Waals surface area contributed by atoms with Crippen molar-refractivity contribution in [3.05, 3.63) is 71.3 Å².